The van der Waals surface area contributed by atoms with Crippen molar-refractivity contribution in [2.75, 3.05) is 37.8 Å². The maximum atomic E-state index is 13.1. The lowest BCUT2D eigenvalue weighted by atomic mass is 10.1. The van der Waals surface area contributed by atoms with Crippen LogP contribution in [0.25, 0.3) is 10.2 Å². The van der Waals surface area contributed by atoms with Gasteiger partial charge in [-0.1, -0.05) is 29.0 Å². The summed E-state index contributed by atoms with van der Waals surface area (Å²) >= 11 is 9.09. The molecule has 3 rings (SSSR count). The van der Waals surface area contributed by atoms with Gasteiger partial charge in [-0.05, 0) is 82.4 Å². The summed E-state index contributed by atoms with van der Waals surface area (Å²) in [6.45, 7) is 5.77. The number of hydrogen-bond donors (Lipinski definition) is 0. The van der Waals surface area contributed by atoms with E-state index >= 15 is 0 Å². The third-order valence-corrected chi connectivity index (χ3v) is 6.98. The molecule has 0 aliphatic heterocycles. The zero-order valence-electron chi connectivity index (χ0n) is 17.2. The first-order valence-corrected chi connectivity index (χ1v) is 11.7. The molecule has 1 heterocycles. The number of rotatable bonds is 8. The Morgan fingerprint density at radius 2 is 1.86 bits per heavy atom. The molecule has 0 unspecified atom stereocenters. The van der Waals surface area contributed by atoms with Crippen LogP contribution in [0, 0.1) is 13.8 Å². The fraction of sp³-hybridized carbons (Fsp3) is 0.364. The molecule has 0 radical (unpaired) electrons. The van der Waals surface area contributed by atoms with Crippen LogP contribution in [0.2, 0.25) is 5.02 Å². The molecular formula is C22H26ClN3OS2. The summed E-state index contributed by atoms with van der Waals surface area (Å²) in [7, 11) is 4.10. The van der Waals surface area contributed by atoms with Crippen molar-refractivity contribution in [3.8, 4) is 0 Å². The number of benzene rings is 2. The summed E-state index contributed by atoms with van der Waals surface area (Å²) in [5.74, 6) is 0.453. The second-order valence-corrected chi connectivity index (χ2v) is 9.83. The number of thiazole rings is 1. The first-order chi connectivity index (χ1) is 13.8. The van der Waals surface area contributed by atoms with Gasteiger partial charge in [0.15, 0.2) is 5.13 Å². The molecule has 1 amide bonds. The second-order valence-electron chi connectivity index (χ2n) is 7.37. The van der Waals surface area contributed by atoms with Crippen LogP contribution in [-0.2, 0) is 4.79 Å². The molecule has 0 saturated heterocycles. The lowest BCUT2D eigenvalue weighted by Gasteiger charge is -2.21. The molecular weight excluding hydrogens is 422 g/mol. The Morgan fingerprint density at radius 3 is 2.55 bits per heavy atom. The molecule has 4 nitrogen and oxygen atoms in total. The van der Waals surface area contributed by atoms with Gasteiger partial charge in [-0.25, -0.2) is 4.98 Å². The van der Waals surface area contributed by atoms with E-state index in [2.05, 4.69) is 30.9 Å². The van der Waals surface area contributed by atoms with Crippen molar-refractivity contribution in [3.05, 3.63) is 52.5 Å². The second kappa shape index (κ2) is 9.94. The highest BCUT2D eigenvalue weighted by molar-refractivity contribution is 8.00. The largest absolute Gasteiger partial charge is 0.309 e. The molecule has 0 spiro atoms. The number of carbonyl (C=O) groups excluding carboxylic acids is 1. The summed E-state index contributed by atoms with van der Waals surface area (Å²) in [5, 5.41) is 1.49. The number of halogens is 1. The van der Waals surface area contributed by atoms with Gasteiger partial charge in [0.2, 0.25) is 5.91 Å². The van der Waals surface area contributed by atoms with E-state index in [0.29, 0.717) is 17.3 Å². The summed E-state index contributed by atoms with van der Waals surface area (Å²) in [6, 6.07) is 11.8. The molecule has 0 aliphatic rings. The van der Waals surface area contributed by atoms with Gasteiger partial charge >= 0.3 is 0 Å². The molecule has 7 heteroatoms. The molecule has 0 fully saturated rings. The number of carbonyl (C=O) groups is 1. The Morgan fingerprint density at radius 1 is 1.14 bits per heavy atom. The van der Waals surface area contributed by atoms with E-state index in [4.69, 9.17) is 16.6 Å². The average molecular weight is 448 g/mol. The van der Waals surface area contributed by atoms with Crippen molar-refractivity contribution < 1.29 is 4.79 Å². The SMILES string of the molecule is Cc1cc(C)c2sc(N(CCCN(C)C)C(=O)CSc3ccc(Cl)cc3)nc2c1. The molecule has 2 aromatic carbocycles. The predicted molar refractivity (Wildman–Crippen MR) is 127 cm³/mol. The van der Waals surface area contributed by atoms with E-state index in [-0.39, 0.29) is 5.91 Å². The van der Waals surface area contributed by atoms with Crippen LogP contribution in [0.4, 0.5) is 5.13 Å². The van der Waals surface area contributed by atoms with Crippen LogP contribution < -0.4 is 4.90 Å². The Kier molecular flexibility index (Phi) is 7.57. The summed E-state index contributed by atoms with van der Waals surface area (Å²) < 4.78 is 1.15. The fourth-order valence-electron chi connectivity index (χ4n) is 3.11. The first kappa shape index (κ1) is 22.1. The lowest BCUT2D eigenvalue weighted by molar-refractivity contribution is -0.116. The van der Waals surface area contributed by atoms with Gasteiger partial charge in [0.25, 0.3) is 0 Å². The highest BCUT2D eigenvalue weighted by atomic mass is 35.5. The van der Waals surface area contributed by atoms with Gasteiger partial charge in [-0.15, -0.1) is 11.8 Å². The topological polar surface area (TPSA) is 36.4 Å². The zero-order valence-corrected chi connectivity index (χ0v) is 19.6. The van der Waals surface area contributed by atoms with Crippen molar-refractivity contribution in [1.82, 2.24) is 9.88 Å². The molecule has 0 bridgehead atoms. The molecule has 0 atom stereocenters. The van der Waals surface area contributed by atoms with Crippen molar-refractivity contribution in [3.63, 3.8) is 0 Å². The molecule has 1 aromatic heterocycles. The quantitative estimate of drug-likeness (QED) is 0.418. The van der Waals surface area contributed by atoms with Gasteiger partial charge in [-0.3, -0.25) is 9.69 Å². The molecule has 29 heavy (non-hydrogen) atoms. The minimum atomic E-state index is 0.0807. The number of aromatic nitrogens is 1. The van der Waals surface area contributed by atoms with E-state index in [1.54, 1.807) is 11.3 Å². The minimum absolute atomic E-state index is 0.0807. The summed E-state index contributed by atoms with van der Waals surface area (Å²) in [6.07, 6.45) is 0.901. The number of thioether (sulfide) groups is 1. The third kappa shape index (κ3) is 5.95. The van der Waals surface area contributed by atoms with E-state index in [1.807, 2.05) is 43.3 Å². The predicted octanol–water partition coefficient (Wildman–Crippen LogP) is 5.64. The molecule has 3 aromatic rings. The smallest absolute Gasteiger partial charge is 0.239 e. The first-order valence-electron chi connectivity index (χ1n) is 9.55. The van der Waals surface area contributed by atoms with Crippen LogP contribution in [0.5, 0.6) is 0 Å². The van der Waals surface area contributed by atoms with Gasteiger partial charge in [0.1, 0.15) is 0 Å². The van der Waals surface area contributed by atoms with Crippen LogP contribution in [0.3, 0.4) is 0 Å². The fourth-order valence-corrected chi connectivity index (χ4v) is 5.07. The third-order valence-electron chi connectivity index (χ3n) is 4.50. The standard InChI is InChI=1S/C22H26ClN3OS2/c1-15-12-16(2)21-19(13-15)24-22(29-21)26(11-5-10-25(3)4)20(27)14-28-18-8-6-17(23)7-9-18/h6-9,12-13H,5,10-11,14H2,1-4H3. The average Bonchev–Trinajstić information content (AvgIpc) is 3.08. The van der Waals surface area contributed by atoms with E-state index in [9.17, 15) is 4.79 Å². The Bertz CT molecular complexity index is 986. The van der Waals surface area contributed by atoms with Gasteiger partial charge in [-0.2, -0.15) is 0 Å². The molecule has 0 N–H and O–H groups in total. The number of fused-ring (bicyclic) bond motifs is 1. The maximum Gasteiger partial charge on any atom is 0.239 e. The Labute approximate surface area is 185 Å². The summed E-state index contributed by atoms with van der Waals surface area (Å²) in [4.78, 5) is 22.9. The van der Waals surface area contributed by atoms with Crippen molar-refractivity contribution >= 4 is 56.0 Å². The van der Waals surface area contributed by atoms with Crippen molar-refractivity contribution in [1.29, 1.82) is 0 Å². The lowest BCUT2D eigenvalue weighted by Crippen LogP contribution is -2.34. The number of nitrogens with zero attached hydrogens (tertiary/aromatic N) is 3. The number of hydrogen-bond acceptors (Lipinski definition) is 5. The number of amides is 1. The Hall–Kier alpha value is -1.60. The van der Waals surface area contributed by atoms with Gasteiger partial charge in [0, 0.05) is 16.5 Å². The van der Waals surface area contributed by atoms with Crippen molar-refractivity contribution in [2.24, 2.45) is 0 Å². The maximum absolute atomic E-state index is 13.1. The van der Waals surface area contributed by atoms with E-state index in [1.165, 1.54) is 22.9 Å². The van der Waals surface area contributed by atoms with E-state index in [0.717, 1.165) is 33.2 Å². The van der Waals surface area contributed by atoms with Crippen LogP contribution >= 0.6 is 34.7 Å². The van der Waals surface area contributed by atoms with Gasteiger partial charge in [0.05, 0.1) is 16.0 Å². The molecule has 154 valence electrons. The van der Waals surface area contributed by atoms with Crippen LogP contribution in [0.1, 0.15) is 17.5 Å². The summed E-state index contributed by atoms with van der Waals surface area (Å²) in [5.41, 5.74) is 3.37. The highest BCUT2D eigenvalue weighted by Gasteiger charge is 2.20. The number of aryl methyl sites for hydroxylation is 2. The normalized spacial score (nSPS) is 11.4. The van der Waals surface area contributed by atoms with Crippen LogP contribution in [-0.4, -0.2) is 48.7 Å². The number of anilines is 1. The van der Waals surface area contributed by atoms with Crippen molar-refractivity contribution in [2.45, 2.75) is 25.2 Å². The zero-order chi connectivity index (χ0) is 21.0. The highest BCUT2D eigenvalue weighted by Crippen LogP contribution is 2.33. The monoisotopic (exact) mass is 447 g/mol. The van der Waals surface area contributed by atoms with Crippen LogP contribution in [0.15, 0.2) is 41.3 Å². The minimum Gasteiger partial charge on any atom is -0.309 e. The molecule has 0 aliphatic carbocycles. The Balaban J connectivity index is 1.80. The van der Waals surface area contributed by atoms with E-state index < -0.39 is 0 Å². The molecule has 0 saturated carbocycles. The van der Waals surface area contributed by atoms with Gasteiger partial charge < -0.3 is 4.90 Å².